The minimum Gasteiger partial charge on any atom is -0.309 e. The molecule has 0 aliphatic carbocycles. The fourth-order valence-corrected chi connectivity index (χ4v) is 0.325. The van der Waals surface area contributed by atoms with Gasteiger partial charge < -0.3 is 4.90 Å². The molecule has 0 aromatic rings. The molecule has 0 rings (SSSR count). The molecule has 0 atom stereocenters. The quantitative estimate of drug-likeness (QED) is 0.509. The molecule has 0 bridgehead atoms. The van der Waals surface area contributed by atoms with E-state index in [1.165, 1.54) is 0 Å². The molecule has 0 fully saturated rings. The number of rotatable bonds is 3. The molecule has 0 saturated heterocycles. The van der Waals surface area contributed by atoms with Crippen molar-refractivity contribution in [2.24, 2.45) is 0 Å². The second-order valence-electron chi connectivity index (χ2n) is 1.98. The summed E-state index contributed by atoms with van der Waals surface area (Å²) in [5.41, 5.74) is 6.51. The molecule has 0 aromatic heterocycles. The maximum absolute atomic E-state index is 9.99. The third-order valence-electron chi connectivity index (χ3n) is 0.786. The Kier molecular flexibility index (Phi) is 3.19. The van der Waals surface area contributed by atoms with E-state index in [0.717, 1.165) is 0 Å². The molecule has 47 valence electrons. The number of nitrogens with zero attached hydrogens (tertiary/aromatic N) is 1. The fourth-order valence-electron chi connectivity index (χ4n) is 0.325. The maximum atomic E-state index is 9.99. The highest BCUT2D eigenvalue weighted by molar-refractivity contribution is 5.73. The molecular weight excluding hydrogens is 104 g/mol. The van der Waals surface area contributed by atoms with Crippen molar-refractivity contribution >= 4 is 5.91 Å². The van der Waals surface area contributed by atoms with Gasteiger partial charge in [-0.1, -0.05) is 0 Å². The zero-order valence-electron chi connectivity index (χ0n) is 5.27. The van der Waals surface area contributed by atoms with Crippen LogP contribution in [0, 0.1) is 0 Å². The zero-order chi connectivity index (χ0) is 6.57. The molecule has 1 amide bonds. The molecule has 3 nitrogen and oxygen atoms in total. The molecular formula is C5H11N2O. The van der Waals surface area contributed by atoms with Gasteiger partial charge in [-0.05, 0) is 14.1 Å². The van der Waals surface area contributed by atoms with Crippen LogP contribution in [0.4, 0.5) is 0 Å². The first-order valence-electron chi connectivity index (χ1n) is 2.52. The van der Waals surface area contributed by atoms with Gasteiger partial charge in [0.05, 0.1) is 0 Å². The molecule has 8 heavy (non-hydrogen) atoms. The fraction of sp³-hybridized carbons (Fsp3) is 0.800. The lowest BCUT2D eigenvalue weighted by molar-refractivity contribution is -0.118. The summed E-state index contributed by atoms with van der Waals surface area (Å²) < 4.78 is 0. The average Bonchev–Trinajstić information content (AvgIpc) is 1.61. The molecule has 1 radical (unpaired) electrons. The number of carbonyl (C=O) groups is 1. The normalized spacial score (nSPS) is 9.88. The highest BCUT2D eigenvalue weighted by Gasteiger charge is 1.94. The van der Waals surface area contributed by atoms with E-state index in [9.17, 15) is 4.79 Å². The molecule has 0 aliphatic heterocycles. The minimum absolute atomic E-state index is 0.340. The first-order valence-corrected chi connectivity index (χ1v) is 2.52. The Morgan fingerprint density at radius 1 is 1.62 bits per heavy atom. The number of hydrogen-bond donors (Lipinski definition) is 0. The smallest absolute Gasteiger partial charge is 0.239 e. The van der Waals surface area contributed by atoms with Crippen LogP contribution in [-0.4, -0.2) is 31.4 Å². The second-order valence-corrected chi connectivity index (χ2v) is 1.98. The van der Waals surface area contributed by atoms with Crippen molar-refractivity contribution in [3.8, 4) is 0 Å². The Morgan fingerprint density at radius 2 is 2.12 bits per heavy atom. The summed E-state index contributed by atoms with van der Waals surface area (Å²) in [6.07, 6.45) is 0.340. The number of nitrogens with one attached hydrogen (secondary N) is 1. The van der Waals surface area contributed by atoms with Gasteiger partial charge in [-0.3, -0.25) is 10.5 Å². The van der Waals surface area contributed by atoms with Crippen molar-refractivity contribution in [1.82, 2.24) is 10.6 Å². The second kappa shape index (κ2) is 3.43. The summed E-state index contributed by atoms with van der Waals surface area (Å²) in [6, 6.07) is 0. The molecule has 0 saturated carbocycles. The van der Waals surface area contributed by atoms with Crippen molar-refractivity contribution < 1.29 is 4.79 Å². The van der Waals surface area contributed by atoms with E-state index in [2.05, 4.69) is 0 Å². The van der Waals surface area contributed by atoms with E-state index in [4.69, 9.17) is 5.73 Å². The Hall–Kier alpha value is -0.570. The number of carbonyl (C=O) groups excluding carboxylic acids is 1. The summed E-state index contributed by atoms with van der Waals surface area (Å²) in [4.78, 5) is 11.9. The van der Waals surface area contributed by atoms with E-state index in [1.54, 1.807) is 0 Å². The largest absolute Gasteiger partial charge is 0.309 e. The molecule has 3 heteroatoms. The Bertz CT molecular complexity index is 80.5. The standard InChI is InChI=1S/C5H11N2O/c1-7(2)4-3-5(6)8/h6H,3-4H2,1-2H3. The molecule has 0 aliphatic rings. The predicted octanol–water partition coefficient (Wildman–Crippen LogP) is -0.252. The van der Waals surface area contributed by atoms with Crippen molar-refractivity contribution in [3.05, 3.63) is 0 Å². The number of hydrogen-bond acceptors (Lipinski definition) is 2. The molecule has 0 spiro atoms. The van der Waals surface area contributed by atoms with Crippen molar-refractivity contribution in [3.63, 3.8) is 0 Å². The van der Waals surface area contributed by atoms with Crippen LogP contribution in [-0.2, 0) is 4.79 Å². The molecule has 1 N–H and O–H groups in total. The van der Waals surface area contributed by atoms with Gasteiger partial charge in [0.1, 0.15) is 0 Å². The predicted molar refractivity (Wildman–Crippen MR) is 31.3 cm³/mol. The number of amides is 1. The molecule has 0 heterocycles. The lowest BCUT2D eigenvalue weighted by atomic mass is 10.4. The van der Waals surface area contributed by atoms with Crippen LogP contribution in [0.15, 0.2) is 0 Å². The van der Waals surface area contributed by atoms with Crippen LogP contribution in [0.3, 0.4) is 0 Å². The van der Waals surface area contributed by atoms with Gasteiger partial charge in [-0.15, -0.1) is 0 Å². The van der Waals surface area contributed by atoms with Gasteiger partial charge in [0, 0.05) is 13.0 Å². The van der Waals surface area contributed by atoms with Gasteiger partial charge >= 0.3 is 0 Å². The van der Waals surface area contributed by atoms with Crippen molar-refractivity contribution in [2.75, 3.05) is 20.6 Å². The van der Waals surface area contributed by atoms with E-state index >= 15 is 0 Å². The van der Waals surface area contributed by atoms with Gasteiger partial charge in [-0.2, -0.15) is 0 Å². The highest BCUT2D eigenvalue weighted by atomic mass is 16.1. The van der Waals surface area contributed by atoms with Crippen LogP contribution in [0.5, 0.6) is 0 Å². The summed E-state index contributed by atoms with van der Waals surface area (Å²) in [6.45, 7) is 0.683. The van der Waals surface area contributed by atoms with E-state index < -0.39 is 5.91 Å². The first-order chi connectivity index (χ1) is 3.63. The summed E-state index contributed by atoms with van der Waals surface area (Å²) in [7, 11) is 3.76. The minimum atomic E-state index is -0.487. The van der Waals surface area contributed by atoms with Crippen molar-refractivity contribution in [1.29, 1.82) is 0 Å². The zero-order valence-corrected chi connectivity index (χ0v) is 5.27. The Balaban J connectivity index is 3.05. The van der Waals surface area contributed by atoms with Crippen molar-refractivity contribution in [2.45, 2.75) is 6.42 Å². The Morgan fingerprint density at radius 3 is 2.25 bits per heavy atom. The summed E-state index contributed by atoms with van der Waals surface area (Å²) in [5.74, 6) is -0.487. The van der Waals surface area contributed by atoms with Gasteiger partial charge in [-0.25, -0.2) is 0 Å². The maximum Gasteiger partial charge on any atom is 0.239 e. The van der Waals surface area contributed by atoms with Crippen LogP contribution in [0.2, 0.25) is 0 Å². The lowest BCUT2D eigenvalue weighted by Crippen LogP contribution is -2.16. The van der Waals surface area contributed by atoms with Gasteiger partial charge in [0.15, 0.2) is 0 Å². The van der Waals surface area contributed by atoms with Gasteiger partial charge in [0.25, 0.3) is 0 Å². The van der Waals surface area contributed by atoms with Gasteiger partial charge in [0.2, 0.25) is 5.91 Å². The first kappa shape index (κ1) is 7.43. The van der Waals surface area contributed by atoms with E-state index in [1.807, 2.05) is 19.0 Å². The summed E-state index contributed by atoms with van der Waals surface area (Å²) >= 11 is 0. The third kappa shape index (κ3) is 5.43. The Labute approximate surface area is 49.5 Å². The van der Waals surface area contributed by atoms with E-state index in [-0.39, 0.29) is 0 Å². The molecule has 0 unspecified atom stereocenters. The molecule has 0 aromatic carbocycles. The van der Waals surface area contributed by atoms with Crippen LogP contribution >= 0.6 is 0 Å². The highest BCUT2D eigenvalue weighted by Crippen LogP contribution is 1.79. The van der Waals surface area contributed by atoms with Crippen LogP contribution in [0.25, 0.3) is 0 Å². The van der Waals surface area contributed by atoms with Crippen LogP contribution in [0.1, 0.15) is 6.42 Å². The van der Waals surface area contributed by atoms with E-state index in [0.29, 0.717) is 13.0 Å². The van der Waals surface area contributed by atoms with Crippen LogP contribution < -0.4 is 5.73 Å². The SMILES string of the molecule is CN(C)CCC([NH])=O. The average molecular weight is 115 g/mol. The topological polar surface area (TPSA) is 44.1 Å². The lowest BCUT2D eigenvalue weighted by Gasteiger charge is -2.04. The monoisotopic (exact) mass is 115 g/mol. The third-order valence-corrected chi connectivity index (χ3v) is 0.786. The summed E-state index contributed by atoms with van der Waals surface area (Å²) in [5, 5.41) is 0.